The van der Waals surface area contributed by atoms with E-state index in [1.54, 1.807) is 0 Å². The molecule has 1 aliphatic carbocycles. The van der Waals surface area contributed by atoms with Crippen LogP contribution in [0, 0.1) is 0 Å². The van der Waals surface area contributed by atoms with E-state index in [4.69, 9.17) is 5.73 Å². The predicted octanol–water partition coefficient (Wildman–Crippen LogP) is 0.960. The molecule has 3 unspecified atom stereocenters. The third-order valence-electron chi connectivity index (χ3n) is 3.33. The van der Waals surface area contributed by atoms with Crippen molar-refractivity contribution in [3.8, 4) is 0 Å². The van der Waals surface area contributed by atoms with Gasteiger partial charge in [-0.25, -0.2) is 0 Å². The van der Waals surface area contributed by atoms with Gasteiger partial charge in [-0.3, -0.25) is 4.90 Å². The second-order valence-electron chi connectivity index (χ2n) is 4.04. The lowest BCUT2D eigenvalue weighted by Gasteiger charge is -2.44. The van der Waals surface area contributed by atoms with Crippen LogP contribution in [0.25, 0.3) is 0 Å². The van der Waals surface area contributed by atoms with Crippen molar-refractivity contribution < 1.29 is 0 Å². The Bertz CT molecular complexity index is 146. The summed E-state index contributed by atoms with van der Waals surface area (Å²) >= 11 is 0. The number of likely N-dealkylation sites (tertiary alicyclic amines) is 1. The molecule has 0 aromatic rings. The molecule has 1 saturated heterocycles. The highest BCUT2D eigenvalue weighted by Crippen LogP contribution is 2.29. The second-order valence-corrected chi connectivity index (χ2v) is 4.04. The van der Waals surface area contributed by atoms with Gasteiger partial charge in [-0.2, -0.15) is 0 Å². The topological polar surface area (TPSA) is 29.3 Å². The molecule has 1 aliphatic heterocycles. The van der Waals surface area contributed by atoms with Crippen molar-refractivity contribution in [3.05, 3.63) is 0 Å². The van der Waals surface area contributed by atoms with Gasteiger partial charge in [-0.15, -0.1) is 0 Å². The number of nitrogens with two attached hydrogens (primary N) is 1. The zero-order chi connectivity index (χ0) is 7.84. The summed E-state index contributed by atoms with van der Waals surface area (Å²) in [5.41, 5.74) is 6.01. The Balaban J connectivity index is 1.93. The summed E-state index contributed by atoms with van der Waals surface area (Å²) in [6.07, 6.45) is 5.30. The van der Waals surface area contributed by atoms with Gasteiger partial charge in [-0.1, -0.05) is 6.42 Å². The molecule has 0 bridgehead atoms. The molecule has 2 N–H and O–H groups in total. The summed E-state index contributed by atoms with van der Waals surface area (Å²) in [5.74, 6) is 0. The molecule has 2 rings (SSSR count). The van der Waals surface area contributed by atoms with Crippen LogP contribution in [0.5, 0.6) is 0 Å². The van der Waals surface area contributed by atoms with Crippen LogP contribution in [0.1, 0.15) is 32.6 Å². The maximum atomic E-state index is 6.01. The highest BCUT2D eigenvalue weighted by molar-refractivity contribution is 4.94. The van der Waals surface area contributed by atoms with E-state index in [2.05, 4.69) is 11.8 Å². The first-order valence-electron chi connectivity index (χ1n) is 4.80. The van der Waals surface area contributed by atoms with Crippen LogP contribution in [0.15, 0.2) is 0 Å². The molecule has 2 aliphatic rings. The highest BCUT2D eigenvalue weighted by Gasteiger charge is 2.36. The molecule has 64 valence electrons. The third kappa shape index (κ3) is 1.18. The lowest BCUT2D eigenvalue weighted by molar-refractivity contribution is 0.0485. The molecule has 2 nitrogen and oxygen atoms in total. The van der Waals surface area contributed by atoms with E-state index in [-0.39, 0.29) is 0 Å². The van der Waals surface area contributed by atoms with Crippen LogP contribution in [0.2, 0.25) is 0 Å². The van der Waals surface area contributed by atoms with Crippen molar-refractivity contribution in [3.63, 3.8) is 0 Å². The minimum absolute atomic E-state index is 0.470. The molecular weight excluding hydrogens is 136 g/mol. The molecule has 2 fully saturated rings. The zero-order valence-electron chi connectivity index (χ0n) is 7.29. The third-order valence-corrected chi connectivity index (χ3v) is 3.33. The largest absolute Gasteiger partial charge is 0.326 e. The van der Waals surface area contributed by atoms with Crippen molar-refractivity contribution in [2.45, 2.75) is 50.7 Å². The van der Waals surface area contributed by atoms with Gasteiger partial charge in [0, 0.05) is 24.7 Å². The van der Waals surface area contributed by atoms with Gasteiger partial charge >= 0.3 is 0 Å². The minimum Gasteiger partial charge on any atom is -0.326 e. The number of rotatable bonds is 1. The first-order chi connectivity index (χ1) is 5.29. The second kappa shape index (κ2) is 2.76. The monoisotopic (exact) mass is 154 g/mol. The van der Waals surface area contributed by atoms with Crippen LogP contribution < -0.4 is 5.73 Å². The Hall–Kier alpha value is -0.0800. The fourth-order valence-electron chi connectivity index (χ4n) is 2.41. The standard InChI is InChI=1S/C9H18N2/c1-7-5-6-11(7)9-4-2-3-8(9)10/h7-9H,2-6,10H2,1H3. The van der Waals surface area contributed by atoms with E-state index in [0.29, 0.717) is 6.04 Å². The molecule has 0 radical (unpaired) electrons. The van der Waals surface area contributed by atoms with Gasteiger partial charge in [-0.05, 0) is 26.2 Å². The maximum absolute atomic E-state index is 6.01. The molecule has 0 spiro atoms. The van der Waals surface area contributed by atoms with Gasteiger partial charge < -0.3 is 5.73 Å². The van der Waals surface area contributed by atoms with Crippen molar-refractivity contribution in [1.82, 2.24) is 4.90 Å². The Labute approximate surface area is 68.7 Å². The van der Waals surface area contributed by atoms with E-state index in [1.807, 2.05) is 0 Å². The summed E-state index contributed by atoms with van der Waals surface area (Å²) < 4.78 is 0. The molecule has 1 heterocycles. The highest BCUT2D eigenvalue weighted by atomic mass is 15.2. The molecular formula is C9H18N2. The van der Waals surface area contributed by atoms with Gasteiger partial charge in [0.25, 0.3) is 0 Å². The van der Waals surface area contributed by atoms with E-state index in [0.717, 1.165) is 12.1 Å². The number of hydrogen-bond acceptors (Lipinski definition) is 2. The summed E-state index contributed by atoms with van der Waals surface area (Å²) in [4.78, 5) is 2.58. The van der Waals surface area contributed by atoms with Crippen LogP contribution >= 0.6 is 0 Å². The lowest BCUT2D eigenvalue weighted by atomic mass is 9.99. The van der Waals surface area contributed by atoms with Crippen molar-refractivity contribution in [1.29, 1.82) is 0 Å². The summed E-state index contributed by atoms with van der Waals surface area (Å²) in [6, 6.07) is 2.00. The Kier molecular flexibility index (Phi) is 1.90. The van der Waals surface area contributed by atoms with Gasteiger partial charge in [0.15, 0.2) is 0 Å². The molecule has 3 atom stereocenters. The molecule has 0 aromatic carbocycles. The van der Waals surface area contributed by atoms with E-state index >= 15 is 0 Å². The summed E-state index contributed by atoms with van der Waals surface area (Å²) in [6.45, 7) is 3.61. The van der Waals surface area contributed by atoms with E-state index in [9.17, 15) is 0 Å². The van der Waals surface area contributed by atoms with E-state index < -0.39 is 0 Å². The molecule has 2 heteroatoms. The van der Waals surface area contributed by atoms with Crippen LogP contribution in [-0.4, -0.2) is 29.6 Å². The summed E-state index contributed by atoms with van der Waals surface area (Å²) in [7, 11) is 0. The van der Waals surface area contributed by atoms with Gasteiger partial charge in [0.2, 0.25) is 0 Å². The Morgan fingerprint density at radius 1 is 1.27 bits per heavy atom. The fraction of sp³-hybridized carbons (Fsp3) is 1.00. The van der Waals surface area contributed by atoms with Crippen LogP contribution in [-0.2, 0) is 0 Å². The predicted molar refractivity (Wildman–Crippen MR) is 46.4 cm³/mol. The van der Waals surface area contributed by atoms with Crippen LogP contribution in [0.4, 0.5) is 0 Å². The number of hydrogen-bond donors (Lipinski definition) is 1. The maximum Gasteiger partial charge on any atom is 0.0250 e. The van der Waals surface area contributed by atoms with Gasteiger partial charge in [0.05, 0.1) is 0 Å². The van der Waals surface area contributed by atoms with Crippen molar-refractivity contribution in [2.24, 2.45) is 5.73 Å². The average molecular weight is 154 g/mol. The van der Waals surface area contributed by atoms with Gasteiger partial charge in [0.1, 0.15) is 0 Å². The molecule has 0 aromatic heterocycles. The SMILES string of the molecule is CC1CCN1C1CCCC1N. The zero-order valence-corrected chi connectivity index (χ0v) is 7.29. The van der Waals surface area contributed by atoms with E-state index in [1.165, 1.54) is 32.2 Å². The number of nitrogens with zero attached hydrogens (tertiary/aromatic N) is 1. The first kappa shape index (κ1) is 7.56. The van der Waals surface area contributed by atoms with Crippen molar-refractivity contribution in [2.75, 3.05) is 6.54 Å². The Morgan fingerprint density at radius 3 is 2.45 bits per heavy atom. The van der Waals surface area contributed by atoms with Crippen molar-refractivity contribution >= 4 is 0 Å². The normalized spacial score (nSPS) is 45.8. The lowest BCUT2D eigenvalue weighted by Crippen LogP contribution is -2.55. The average Bonchev–Trinajstić information content (AvgIpc) is 2.34. The Morgan fingerprint density at radius 2 is 2.09 bits per heavy atom. The minimum atomic E-state index is 0.470. The molecule has 0 amide bonds. The van der Waals surface area contributed by atoms with Crippen LogP contribution in [0.3, 0.4) is 0 Å². The molecule has 11 heavy (non-hydrogen) atoms. The fourth-order valence-corrected chi connectivity index (χ4v) is 2.41. The summed E-state index contributed by atoms with van der Waals surface area (Å²) in [5, 5.41) is 0. The first-order valence-corrected chi connectivity index (χ1v) is 4.80. The smallest absolute Gasteiger partial charge is 0.0250 e. The molecule has 1 saturated carbocycles. The quantitative estimate of drug-likeness (QED) is 0.609.